The summed E-state index contributed by atoms with van der Waals surface area (Å²) >= 11 is 0. The summed E-state index contributed by atoms with van der Waals surface area (Å²) in [6.45, 7) is 6.04. The number of carbonyl (C=O) groups is 2. The third-order valence-electron chi connectivity index (χ3n) is 3.54. The van der Waals surface area contributed by atoms with E-state index in [2.05, 4.69) is 18.0 Å². The fourth-order valence-corrected chi connectivity index (χ4v) is 2.21. The third-order valence-corrected chi connectivity index (χ3v) is 3.54. The molecule has 0 aromatic carbocycles. The van der Waals surface area contributed by atoms with Crippen molar-refractivity contribution in [2.24, 2.45) is 16.8 Å². The average molecular weight is 295 g/mol. The molecule has 0 radical (unpaired) electrons. The zero-order valence-electron chi connectivity index (χ0n) is 13.1. The van der Waals surface area contributed by atoms with Crippen LogP contribution in [0, 0.1) is 11.8 Å². The van der Waals surface area contributed by atoms with Gasteiger partial charge in [-0.1, -0.05) is 19.4 Å². The second kappa shape index (κ2) is 9.32. The van der Waals surface area contributed by atoms with E-state index >= 15 is 0 Å². The lowest BCUT2D eigenvalue weighted by Gasteiger charge is -2.18. The van der Waals surface area contributed by atoms with Gasteiger partial charge < -0.3 is 9.47 Å². The highest BCUT2D eigenvalue weighted by atomic mass is 16.6. The minimum atomic E-state index is -1.07. The van der Waals surface area contributed by atoms with Crippen molar-refractivity contribution in [3.63, 3.8) is 0 Å². The van der Waals surface area contributed by atoms with Crippen molar-refractivity contribution >= 4 is 18.2 Å². The SMILES string of the molecule is CCOC(=O)C(C=NC1=CCC(CC)CC1)C(=O)OCC. The molecule has 5 heteroatoms. The molecule has 21 heavy (non-hydrogen) atoms. The van der Waals surface area contributed by atoms with Gasteiger partial charge in [0.05, 0.1) is 13.2 Å². The highest BCUT2D eigenvalue weighted by molar-refractivity contribution is 6.09. The molecule has 1 aliphatic carbocycles. The quantitative estimate of drug-likeness (QED) is 0.411. The maximum Gasteiger partial charge on any atom is 0.325 e. The largest absolute Gasteiger partial charge is 0.465 e. The molecule has 0 heterocycles. The minimum Gasteiger partial charge on any atom is -0.465 e. The Bertz CT molecular complexity index is 397. The number of carbonyl (C=O) groups excluding carboxylic acids is 2. The van der Waals surface area contributed by atoms with Crippen LogP contribution in [-0.4, -0.2) is 31.4 Å². The molecule has 1 atom stereocenters. The molecule has 0 aliphatic heterocycles. The highest BCUT2D eigenvalue weighted by Crippen LogP contribution is 2.26. The first-order valence-corrected chi connectivity index (χ1v) is 7.68. The summed E-state index contributed by atoms with van der Waals surface area (Å²) in [4.78, 5) is 27.9. The first-order valence-electron chi connectivity index (χ1n) is 7.68. The van der Waals surface area contributed by atoms with Gasteiger partial charge in [0.15, 0.2) is 5.92 Å². The van der Waals surface area contributed by atoms with Crippen LogP contribution in [0.1, 0.15) is 46.5 Å². The van der Waals surface area contributed by atoms with E-state index < -0.39 is 17.9 Å². The summed E-state index contributed by atoms with van der Waals surface area (Å²) < 4.78 is 9.79. The Labute approximate surface area is 126 Å². The van der Waals surface area contributed by atoms with Gasteiger partial charge in [-0.25, -0.2) is 0 Å². The molecule has 5 nitrogen and oxygen atoms in total. The first kappa shape index (κ1) is 17.4. The lowest BCUT2D eigenvalue weighted by molar-refractivity contribution is -0.157. The predicted octanol–water partition coefficient (Wildman–Crippen LogP) is 2.89. The lowest BCUT2D eigenvalue weighted by Crippen LogP contribution is -2.29. The zero-order valence-corrected chi connectivity index (χ0v) is 13.1. The number of aliphatic imine (C=N–C) groups is 1. The highest BCUT2D eigenvalue weighted by Gasteiger charge is 2.27. The van der Waals surface area contributed by atoms with Crippen molar-refractivity contribution in [3.8, 4) is 0 Å². The van der Waals surface area contributed by atoms with Crippen molar-refractivity contribution in [3.05, 3.63) is 11.8 Å². The second-order valence-electron chi connectivity index (χ2n) is 5.00. The first-order chi connectivity index (χ1) is 10.1. The summed E-state index contributed by atoms with van der Waals surface area (Å²) in [6, 6.07) is 0. The van der Waals surface area contributed by atoms with E-state index in [0.717, 1.165) is 30.9 Å². The molecule has 0 aromatic heterocycles. The zero-order chi connectivity index (χ0) is 15.7. The molecule has 1 unspecified atom stereocenters. The second-order valence-corrected chi connectivity index (χ2v) is 5.00. The Hall–Kier alpha value is -1.65. The van der Waals surface area contributed by atoms with Gasteiger partial charge >= 0.3 is 11.9 Å². The number of hydrogen-bond donors (Lipinski definition) is 0. The number of ether oxygens (including phenoxy) is 2. The summed E-state index contributed by atoms with van der Waals surface area (Å²) in [6.07, 6.45) is 7.60. The Morgan fingerprint density at radius 1 is 1.29 bits per heavy atom. The molecule has 0 saturated heterocycles. The van der Waals surface area contributed by atoms with Crippen molar-refractivity contribution < 1.29 is 19.1 Å². The fourth-order valence-electron chi connectivity index (χ4n) is 2.21. The van der Waals surface area contributed by atoms with E-state index in [1.165, 1.54) is 12.6 Å². The molecule has 1 rings (SSSR count). The molecule has 0 spiro atoms. The van der Waals surface area contributed by atoms with E-state index in [-0.39, 0.29) is 13.2 Å². The van der Waals surface area contributed by atoms with Crippen LogP contribution < -0.4 is 0 Å². The standard InChI is InChI=1S/C16H25NO4/c1-4-12-7-9-13(10-8-12)17-11-14(15(18)20-5-2)16(19)21-6-3/h9,11-12,14H,4-8,10H2,1-3H3. The van der Waals surface area contributed by atoms with Crippen LogP contribution in [0.15, 0.2) is 16.8 Å². The van der Waals surface area contributed by atoms with Gasteiger partial charge in [-0.2, -0.15) is 0 Å². The number of nitrogens with zero attached hydrogens (tertiary/aromatic N) is 1. The molecule has 0 N–H and O–H groups in total. The lowest BCUT2D eigenvalue weighted by atomic mass is 9.91. The predicted molar refractivity (Wildman–Crippen MR) is 81.0 cm³/mol. The molecule has 1 aliphatic rings. The van der Waals surface area contributed by atoms with E-state index in [0.29, 0.717) is 0 Å². The third kappa shape index (κ3) is 5.69. The van der Waals surface area contributed by atoms with Crippen LogP contribution in [0.5, 0.6) is 0 Å². The van der Waals surface area contributed by atoms with E-state index in [1.54, 1.807) is 13.8 Å². The van der Waals surface area contributed by atoms with E-state index in [9.17, 15) is 9.59 Å². The van der Waals surface area contributed by atoms with Crippen LogP contribution in [0.2, 0.25) is 0 Å². The fraction of sp³-hybridized carbons (Fsp3) is 0.688. The van der Waals surface area contributed by atoms with Crippen LogP contribution in [0.3, 0.4) is 0 Å². The van der Waals surface area contributed by atoms with E-state index in [4.69, 9.17) is 9.47 Å². The van der Waals surface area contributed by atoms with Crippen LogP contribution in [0.4, 0.5) is 0 Å². The molecule has 0 aromatic rings. The Morgan fingerprint density at radius 2 is 1.90 bits per heavy atom. The summed E-state index contributed by atoms with van der Waals surface area (Å²) in [7, 11) is 0. The molecule has 0 saturated carbocycles. The van der Waals surface area contributed by atoms with Gasteiger partial charge in [-0.15, -0.1) is 0 Å². The molecular formula is C16H25NO4. The molecular weight excluding hydrogens is 270 g/mol. The maximum atomic E-state index is 11.8. The Kier molecular flexibility index (Phi) is 7.72. The topological polar surface area (TPSA) is 65.0 Å². The van der Waals surface area contributed by atoms with Gasteiger partial charge in [0, 0.05) is 11.9 Å². The normalized spacial score (nSPS) is 18.7. The van der Waals surface area contributed by atoms with Crippen molar-refractivity contribution in [2.45, 2.75) is 46.5 Å². The summed E-state index contributed by atoms with van der Waals surface area (Å²) in [5.74, 6) is -1.57. The van der Waals surface area contributed by atoms with Crippen LogP contribution >= 0.6 is 0 Å². The van der Waals surface area contributed by atoms with Gasteiger partial charge in [-0.3, -0.25) is 14.6 Å². The van der Waals surface area contributed by atoms with Crippen LogP contribution in [-0.2, 0) is 19.1 Å². The maximum absolute atomic E-state index is 11.8. The van der Waals surface area contributed by atoms with Gasteiger partial charge in [0.1, 0.15) is 0 Å². The van der Waals surface area contributed by atoms with Crippen molar-refractivity contribution in [2.75, 3.05) is 13.2 Å². The summed E-state index contributed by atoms with van der Waals surface area (Å²) in [5.41, 5.74) is 0.929. The molecule has 0 amide bonds. The van der Waals surface area contributed by atoms with Crippen LogP contribution in [0.25, 0.3) is 0 Å². The number of hydrogen-bond acceptors (Lipinski definition) is 5. The minimum absolute atomic E-state index is 0.226. The molecule has 0 bridgehead atoms. The number of allylic oxidation sites excluding steroid dienone is 2. The Morgan fingerprint density at radius 3 is 2.33 bits per heavy atom. The van der Waals surface area contributed by atoms with Gasteiger partial charge in [0.25, 0.3) is 0 Å². The van der Waals surface area contributed by atoms with Crippen molar-refractivity contribution in [1.82, 2.24) is 0 Å². The van der Waals surface area contributed by atoms with Gasteiger partial charge in [0.2, 0.25) is 0 Å². The van der Waals surface area contributed by atoms with E-state index in [1.807, 2.05) is 0 Å². The Balaban J connectivity index is 2.71. The number of rotatable bonds is 7. The number of esters is 2. The molecule has 0 fully saturated rings. The summed E-state index contributed by atoms with van der Waals surface area (Å²) in [5, 5.41) is 0. The molecule has 118 valence electrons. The smallest absolute Gasteiger partial charge is 0.325 e. The van der Waals surface area contributed by atoms with Crippen molar-refractivity contribution in [1.29, 1.82) is 0 Å². The monoisotopic (exact) mass is 295 g/mol. The van der Waals surface area contributed by atoms with Gasteiger partial charge in [-0.05, 0) is 39.0 Å². The average Bonchev–Trinajstić information content (AvgIpc) is 2.48.